The number of benzene rings is 10. The molecule has 356 valence electrons. The van der Waals surface area contributed by atoms with Gasteiger partial charge in [0.25, 0.3) is 0 Å². The molecule has 0 saturated heterocycles. The first-order valence-corrected chi connectivity index (χ1v) is 25.5. The first-order chi connectivity index (χ1) is 36.2. The van der Waals surface area contributed by atoms with Gasteiger partial charge in [0, 0.05) is 22.4 Å². The van der Waals surface area contributed by atoms with Gasteiger partial charge in [0.2, 0.25) is 12.7 Å². The van der Waals surface area contributed by atoms with Gasteiger partial charge in [-0.1, -0.05) is 262 Å². The van der Waals surface area contributed by atoms with E-state index in [1.165, 1.54) is 60.9 Å². The minimum atomic E-state index is 0.0187. The van der Waals surface area contributed by atoms with Crippen LogP contribution in [0, 0.1) is 41.5 Å². The summed E-state index contributed by atoms with van der Waals surface area (Å²) in [6.07, 6.45) is 0. The largest absolute Gasteiger partial charge is 0.278 e. The molecule has 0 amide bonds. The Hall–Kier alpha value is -8.93. The van der Waals surface area contributed by atoms with Crippen molar-refractivity contribution in [2.45, 2.75) is 41.5 Å². The maximum atomic E-state index is 5.48. The predicted octanol–water partition coefficient (Wildman–Crippen LogP) is 15.7. The lowest BCUT2D eigenvalue weighted by atomic mass is 9.34. The standard InChI is InChI=1S/C69H57BN4/c1-46-41-48(3)65(49(4)42-46)70(66-50(5)43-47(2)44-51(66)6)59-37-39-60(40-38-59)74(64-32-19-18-31-63(64)54-25-14-9-15-26-54)69-72-67(71-68(73-69)58-28-20-27-57(45-58)52-21-10-7-11-22-52)56-35-33-55(34-36-56)62-30-17-16-29-61(62)53-23-12-8-13-24-53/h7-45H,1-6H3. The van der Waals surface area contributed by atoms with Gasteiger partial charge >= 0.3 is 0 Å². The van der Waals surface area contributed by atoms with E-state index in [-0.39, 0.29) is 6.71 Å². The predicted molar refractivity (Wildman–Crippen MR) is 313 cm³/mol. The summed E-state index contributed by atoms with van der Waals surface area (Å²) in [4.78, 5) is 18.5. The van der Waals surface area contributed by atoms with Crippen LogP contribution in [0.5, 0.6) is 0 Å². The Morgan fingerprint density at radius 2 is 0.716 bits per heavy atom. The molecule has 11 rings (SSSR count). The molecule has 0 bridgehead atoms. The number of aryl methyl sites for hydroxylation is 6. The quantitative estimate of drug-likeness (QED) is 0.114. The minimum absolute atomic E-state index is 0.0187. The number of para-hydroxylation sites is 1. The summed E-state index contributed by atoms with van der Waals surface area (Å²) < 4.78 is 0. The summed E-state index contributed by atoms with van der Waals surface area (Å²) in [5, 5.41) is 0. The van der Waals surface area contributed by atoms with E-state index in [0.29, 0.717) is 17.6 Å². The van der Waals surface area contributed by atoms with Crippen molar-refractivity contribution in [2.24, 2.45) is 0 Å². The van der Waals surface area contributed by atoms with Gasteiger partial charge in [-0.25, -0.2) is 4.98 Å². The summed E-state index contributed by atoms with van der Waals surface area (Å²) >= 11 is 0. The van der Waals surface area contributed by atoms with Crippen molar-refractivity contribution in [3.63, 3.8) is 0 Å². The van der Waals surface area contributed by atoms with Crippen molar-refractivity contribution in [2.75, 3.05) is 4.90 Å². The number of rotatable bonds is 12. The molecule has 0 spiro atoms. The molecular weight excluding hydrogens is 896 g/mol. The van der Waals surface area contributed by atoms with Gasteiger partial charge in [0.05, 0.1) is 5.69 Å². The maximum absolute atomic E-state index is 5.48. The highest BCUT2D eigenvalue weighted by Crippen LogP contribution is 2.41. The van der Waals surface area contributed by atoms with E-state index in [1.54, 1.807) is 0 Å². The smallest absolute Gasteiger partial charge is 0.242 e. The lowest BCUT2D eigenvalue weighted by molar-refractivity contribution is 1.02. The van der Waals surface area contributed by atoms with E-state index >= 15 is 0 Å². The van der Waals surface area contributed by atoms with Gasteiger partial charge in [0.15, 0.2) is 11.6 Å². The van der Waals surface area contributed by atoms with E-state index < -0.39 is 0 Å². The van der Waals surface area contributed by atoms with Gasteiger partial charge in [-0.05, 0) is 105 Å². The van der Waals surface area contributed by atoms with Crippen molar-refractivity contribution in [3.05, 3.63) is 270 Å². The molecule has 10 aromatic carbocycles. The van der Waals surface area contributed by atoms with E-state index in [9.17, 15) is 0 Å². The average Bonchev–Trinajstić information content (AvgIpc) is 3.44. The molecule has 0 aliphatic carbocycles. The second kappa shape index (κ2) is 20.7. The molecule has 4 nitrogen and oxygen atoms in total. The molecule has 1 heterocycles. The third-order valence-corrected chi connectivity index (χ3v) is 14.3. The fourth-order valence-corrected chi connectivity index (χ4v) is 11.1. The summed E-state index contributed by atoms with van der Waals surface area (Å²) in [6.45, 7) is 13.5. The van der Waals surface area contributed by atoms with E-state index in [4.69, 9.17) is 15.0 Å². The fourth-order valence-electron chi connectivity index (χ4n) is 11.1. The molecule has 0 fully saturated rings. The lowest BCUT2D eigenvalue weighted by Gasteiger charge is -2.28. The van der Waals surface area contributed by atoms with E-state index in [0.717, 1.165) is 55.9 Å². The van der Waals surface area contributed by atoms with E-state index in [2.05, 4.69) is 277 Å². The van der Waals surface area contributed by atoms with Crippen molar-refractivity contribution < 1.29 is 0 Å². The van der Waals surface area contributed by atoms with E-state index in [1.807, 2.05) is 6.07 Å². The second-order valence-electron chi connectivity index (χ2n) is 19.6. The third kappa shape index (κ3) is 9.60. The van der Waals surface area contributed by atoms with Gasteiger partial charge in [-0.3, -0.25) is 4.90 Å². The molecule has 1 aromatic heterocycles. The topological polar surface area (TPSA) is 41.9 Å². The zero-order valence-corrected chi connectivity index (χ0v) is 42.9. The molecule has 5 heteroatoms. The van der Waals surface area contributed by atoms with Crippen molar-refractivity contribution in [3.8, 4) is 67.3 Å². The zero-order chi connectivity index (χ0) is 50.7. The van der Waals surface area contributed by atoms with Gasteiger partial charge in [-0.2, -0.15) is 9.97 Å². The number of hydrogen-bond acceptors (Lipinski definition) is 4. The number of aromatic nitrogens is 3. The molecule has 0 unspecified atom stereocenters. The van der Waals surface area contributed by atoms with Gasteiger partial charge in [-0.15, -0.1) is 0 Å². The Balaban J connectivity index is 1.11. The fraction of sp³-hybridized carbons (Fsp3) is 0.0870. The average molecular weight is 953 g/mol. The van der Waals surface area contributed by atoms with Crippen LogP contribution in [0.2, 0.25) is 0 Å². The Morgan fingerprint density at radius 1 is 0.311 bits per heavy atom. The molecule has 0 N–H and O–H groups in total. The van der Waals surface area contributed by atoms with Crippen LogP contribution in [0.15, 0.2) is 237 Å². The van der Waals surface area contributed by atoms with Crippen molar-refractivity contribution in [1.82, 2.24) is 15.0 Å². The zero-order valence-electron chi connectivity index (χ0n) is 42.9. The molecule has 74 heavy (non-hydrogen) atoms. The van der Waals surface area contributed by atoms with Crippen LogP contribution < -0.4 is 21.3 Å². The Morgan fingerprint density at radius 3 is 1.26 bits per heavy atom. The molecule has 0 radical (unpaired) electrons. The number of nitrogens with zero attached hydrogens (tertiary/aromatic N) is 4. The molecule has 0 saturated carbocycles. The molecule has 11 aromatic rings. The third-order valence-electron chi connectivity index (χ3n) is 14.3. The maximum Gasteiger partial charge on any atom is 0.242 e. The molecular formula is C69H57BN4. The lowest BCUT2D eigenvalue weighted by Crippen LogP contribution is -2.55. The van der Waals surface area contributed by atoms with Crippen LogP contribution in [-0.2, 0) is 0 Å². The first-order valence-electron chi connectivity index (χ1n) is 25.5. The van der Waals surface area contributed by atoms with Crippen LogP contribution in [0.25, 0.3) is 67.3 Å². The SMILES string of the molecule is Cc1cc(C)c(B(c2ccc(N(c3nc(-c4ccc(-c5ccccc5-c5ccccc5)cc4)nc(-c4cccc(-c5ccccc5)c4)n3)c3ccccc3-c3ccccc3)cc2)c2c(C)cc(C)cc2C)c(C)c1. The Kier molecular flexibility index (Phi) is 13.2. The second-order valence-corrected chi connectivity index (χ2v) is 19.6. The van der Waals surface area contributed by atoms with Crippen LogP contribution in [0.1, 0.15) is 33.4 Å². The van der Waals surface area contributed by atoms with Gasteiger partial charge < -0.3 is 0 Å². The summed E-state index contributed by atoms with van der Waals surface area (Å²) in [7, 11) is 0. The van der Waals surface area contributed by atoms with Crippen molar-refractivity contribution >= 4 is 40.4 Å². The summed E-state index contributed by atoms with van der Waals surface area (Å²) in [6, 6.07) is 84.4. The van der Waals surface area contributed by atoms with Crippen LogP contribution in [0.4, 0.5) is 17.3 Å². The highest BCUT2D eigenvalue weighted by molar-refractivity contribution is 6.96. The number of hydrogen-bond donors (Lipinski definition) is 0. The highest BCUT2D eigenvalue weighted by atomic mass is 15.3. The summed E-state index contributed by atoms with van der Waals surface area (Å²) in [5.74, 6) is 1.67. The molecule has 0 aliphatic rings. The Bertz CT molecular complexity index is 3670. The Labute approximate surface area is 436 Å². The monoisotopic (exact) mass is 952 g/mol. The van der Waals surface area contributed by atoms with Crippen LogP contribution >= 0.6 is 0 Å². The summed E-state index contributed by atoms with van der Waals surface area (Å²) in [5.41, 5.74) is 24.3. The van der Waals surface area contributed by atoms with Crippen LogP contribution in [-0.4, -0.2) is 21.7 Å². The number of anilines is 3. The minimum Gasteiger partial charge on any atom is -0.278 e. The normalized spacial score (nSPS) is 11.1. The highest BCUT2D eigenvalue weighted by Gasteiger charge is 2.30. The van der Waals surface area contributed by atoms with Gasteiger partial charge in [0.1, 0.15) is 0 Å². The molecule has 0 atom stereocenters. The molecule has 0 aliphatic heterocycles. The first kappa shape index (κ1) is 47.4. The van der Waals surface area contributed by atoms with Crippen LogP contribution in [0.3, 0.4) is 0 Å². The van der Waals surface area contributed by atoms with Crippen molar-refractivity contribution in [1.29, 1.82) is 0 Å².